The lowest BCUT2D eigenvalue weighted by Gasteiger charge is -2.32. The first-order valence-corrected chi connectivity index (χ1v) is 12.1. The van der Waals surface area contributed by atoms with Crippen molar-refractivity contribution in [2.45, 2.75) is 83.2 Å². The third kappa shape index (κ3) is 5.75. The molecule has 1 saturated carbocycles. The van der Waals surface area contributed by atoms with Gasteiger partial charge in [-0.05, 0) is 81.5 Å². The molecule has 3 aliphatic rings. The van der Waals surface area contributed by atoms with E-state index < -0.39 is 0 Å². The summed E-state index contributed by atoms with van der Waals surface area (Å²) in [7, 11) is 0. The molecule has 1 heterocycles. The highest BCUT2D eigenvalue weighted by Crippen LogP contribution is 2.34. The van der Waals surface area contributed by atoms with Crippen LogP contribution >= 0.6 is 0 Å². The molecule has 1 aliphatic heterocycles. The van der Waals surface area contributed by atoms with Crippen molar-refractivity contribution < 1.29 is 13.9 Å². The van der Waals surface area contributed by atoms with Crippen LogP contribution in [0.1, 0.15) is 75.3 Å². The largest absolute Gasteiger partial charge is 0.490 e. The van der Waals surface area contributed by atoms with Gasteiger partial charge in [0.05, 0.1) is 0 Å². The zero-order valence-corrected chi connectivity index (χ0v) is 18.3. The van der Waals surface area contributed by atoms with Crippen LogP contribution in [0.3, 0.4) is 0 Å². The first-order chi connectivity index (χ1) is 14.7. The van der Waals surface area contributed by atoms with E-state index in [1.54, 1.807) is 6.07 Å². The standard InChI is InChI=1S/C25H37FN2O2/c26-23-10-11-24(22-9-4-8-21(22)23)30-20-12-16-28(17-13-20)15-5-14-27-25(29)18-19-6-2-1-3-7-19/h10-11,19-20H,1-9,12-18H2,(H,27,29). The van der Waals surface area contributed by atoms with Crippen molar-refractivity contribution in [3.05, 3.63) is 29.1 Å². The van der Waals surface area contributed by atoms with Crippen molar-refractivity contribution in [3.8, 4) is 5.75 Å². The van der Waals surface area contributed by atoms with Gasteiger partial charge in [0.2, 0.25) is 5.91 Å². The Balaban J connectivity index is 1.11. The minimum Gasteiger partial charge on any atom is -0.490 e. The number of benzene rings is 1. The van der Waals surface area contributed by atoms with Crippen LogP contribution in [0.15, 0.2) is 12.1 Å². The molecule has 1 saturated heterocycles. The van der Waals surface area contributed by atoms with Gasteiger partial charge in [-0.25, -0.2) is 4.39 Å². The van der Waals surface area contributed by atoms with Crippen LogP contribution in [0.4, 0.5) is 4.39 Å². The molecule has 1 aromatic rings. The Morgan fingerprint density at radius 3 is 2.60 bits per heavy atom. The van der Waals surface area contributed by atoms with Gasteiger partial charge >= 0.3 is 0 Å². The summed E-state index contributed by atoms with van der Waals surface area (Å²) < 4.78 is 20.2. The number of rotatable bonds is 8. The Bertz CT molecular complexity index is 709. The maximum Gasteiger partial charge on any atom is 0.220 e. The Morgan fingerprint density at radius 2 is 1.80 bits per heavy atom. The summed E-state index contributed by atoms with van der Waals surface area (Å²) in [6.45, 7) is 3.88. The molecule has 4 rings (SSSR count). The Morgan fingerprint density at radius 1 is 1.03 bits per heavy atom. The summed E-state index contributed by atoms with van der Waals surface area (Å²) in [5.74, 6) is 1.68. The van der Waals surface area contributed by atoms with Crippen LogP contribution in [-0.4, -0.2) is 43.1 Å². The Kier molecular flexibility index (Phi) is 7.64. The van der Waals surface area contributed by atoms with E-state index in [1.807, 2.05) is 6.07 Å². The highest BCUT2D eigenvalue weighted by atomic mass is 19.1. The van der Waals surface area contributed by atoms with Crippen molar-refractivity contribution in [1.29, 1.82) is 0 Å². The number of nitrogens with zero attached hydrogens (tertiary/aromatic N) is 1. The van der Waals surface area contributed by atoms with E-state index in [2.05, 4.69) is 10.2 Å². The van der Waals surface area contributed by atoms with E-state index in [0.29, 0.717) is 5.92 Å². The van der Waals surface area contributed by atoms with E-state index in [-0.39, 0.29) is 17.8 Å². The fourth-order valence-electron chi connectivity index (χ4n) is 5.43. The van der Waals surface area contributed by atoms with Gasteiger partial charge in [-0.2, -0.15) is 0 Å². The number of amides is 1. The number of nitrogens with one attached hydrogen (secondary N) is 1. The summed E-state index contributed by atoms with van der Waals surface area (Å²) in [6, 6.07) is 3.39. The lowest BCUT2D eigenvalue weighted by atomic mass is 9.87. The molecule has 0 radical (unpaired) electrons. The summed E-state index contributed by atoms with van der Waals surface area (Å²) >= 11 is 0. The van der Waals surface area contributed by atoms with Crippen LogP contribution in [0.2, 0.25) is 0 Å². The number of piperidine rings is 1. The van der Waals surface area contributed by atoms with Crippen LogP contribution in [-0.2, 0) is 17.6 Å². The summed E-state index contributed by atoms with van der Waals surface area (Å²) in [5.41, 5.74) is 1.97. The lowest BCUT2D eigenvalue weighted by Crippen LogP contribution is -2.39. The third-order valence-corrected chi connectivity index (χ3v) is 7.18. The molecule has 0 bridgehead atoms. The van der Waals surface area contributed by atoms with Gasteiger partial charge in [0.15, 0.2) is 0 Å². The molecule has 1 aromatic carbocycles. The Labute approximate surface area is 180 Å². The maximum atomic E-state index is 13.9. The molecule has 1 N–H and O–H groups in total. The highest BCUT2D eigenvalue weighted by molar-refractivity contribution is 5.76. The quantitative estimate of drug-likeness (QED) is 0.628. The molecule has 166 valence electrons. The van der Waals surface area contributed by atoms with Crippen molar-refractivity contribution in [2.75, 3.05) is 26.2 Å². The second-order valence-electron chi connectivity index (χ2n) is 9.43. The number of fused-ring (bicyclic) bond motifs is 1. The van der Waals surface area contributed by atoms with Gasteiger partial charge in [0, 0.05) is 31.6 Å². The second-order valence-corrected chi connectivity index (χ2v) is 9.43. The highest BCUT2D eigenvalue weighted by Gasteiger charge is 2.24. The van der Waals surface area contributed by atoms with Gasteiger partial charge in [0.1, 0.15) is 17.7 Å². The molecule has 0 atom stereocenters. The smallest absolute Gasteiger partial charge is 0.220 e. The number of carbonyl (C=O) groups excluding carboxylic acids is 1. The minimum absolute atomic E-state index is 0.0736. The molecule has 30 heavy (non-hydrogen) atoms. The molecule has 2 fully saturated rings. The van der Waals surface area contributed by atoms with Crippen LogP contribution < -0.4 is 10.1 Å². The second kappa shape index (κ2) is 10.6. The molecule has 1 amide bonds. The molecule has 0 unspecified atom stereocenters. The average Bonchev–Trinajstić information content (AvgIpc) is 3.26. The fraction of sp³-hybridized carbons (Fsp3) is 0.720. The minimum atomic E-state index is -0.0736. The lowest BCUT2D eigenvalue weighted by molar-refractivity contribution is -0.122. The molecule has 0 aromatic heterocycles. The molecule has 2 aliphatic carbocycles. The van der Waals surface area contributed by atoms with E-state index in [9.17, 15) is 9.18 Å². The van der Waals surface area contributed by atoms with Gasteiger partial charge in [0.25, 0.3) is 0 Å². The predicted molar refractivity (Wildman–Crippen MR) is 117 cm³/mol. The van der Waals surface area contributed by atoms with Crippen LogP contribution in [0.25, 0.3) is 0 Å². The van der Waals surface area contributed by atoms with E-state index in [0.717, 1.165) is 88.0 Å². The van der Waals surface area contributed by atoms with Crippen molar-refractivity contribution in [1.82, 2.24) is 10.2 Å². The first-order valence-electron chi connectivity index (χ1n) is 12.1. The van der Waals surface area contributed by atoms with E-state index in [1.165, 1.54) is 32.1 Å². The number of halogens is 1. The van der Waals surface area contributed by atoms with Crippen LogP contribution in [0, 0.1) is 11.7 Å². The van der Waals surface area contributed by atoms with E-state index in [4.69, 9.17) is 4.74 Å². The summed E-state index contributed by atoms with van der Waals surface area (Å²) in [4.78, 5) is 14.6. The zero-order valence-electron chi connectivity index (χ0n) is 18.3. The van der Waals surface area contributed by atoms with E-state index >= 15 is 0 Å². The molecule has 0 spiro atoms. The topological polar surface area (TPSA) is 41.6 Å². The number of likely N-dealkylation sites (tertiary alicyclic amines) is 1. The zero-order chi connectivity index (χ0) is 20.8. The normalized spacial score (nSPS) is 20.8. The predicted octanol–water partition coefficient (Wildman–Crippen LogP) is 4.63. The number of carbonyl (C=O) groups is 1. The van der Waals surface area contributed by atoms with Gasteiger partial charge in [-0.3, -0.25) is 4.79 Å². The molecular weight excluding hydrogens is 379 g/mol. The third-order valence-electron chi connectivity index (χ3n) is 7.18. The monoisotopic (exact) mass is 416 g/mol. The average molecular weight is 417 g/mol. The molecule has 5 heteroatoms. The summed E-state index contributed by atoms with van der Waals surface area (Å²) in [5, 5.41) is 3.12. The SMILES string of the molecule is O=C(CC1CCCCC1)NCCCN1CCC(Oc2ccc(F)c3c2CCC3)CC1. The fourth-order valence-corrected chi connectivity index (χ4v) is 5.43. The van der Waals surface area contributed by atoms with Crippen molar-refractivity contribution in [2.24, 2.45) is 5.92 Å². The number of hydrogen-bond acceptors (Lipinski definition) is 3. The van der Waals surface area contributed by atoms with Gasteiger partial charge < -0.3 is 15.0 Å². The molecule has 4 nitrogen and oxygen atoms in total. The summed E-state index contributed by atoms with van der Waals surface area (Å²) in [6.07, 6.45) is 13.2. The number of hydrogen-bond donors (Lipinski definition) is 1. The Hall–Kier alpha value is -1.62. The van der Waals surface area contributed by atoms with Gasteiger partial charge in [-0.1, -0.05) is 19.3 Å². The van der Waals surface area contributed by atoms with Crippen molar-refractivity contribution >= 4 is 5.91 Å². The maximum absolute atomic E-state index is 13.9. The van der Waals surface area contributed by atoms with Crippen molar-refractivity contribution in [3.63, 3.8) is 0 Å². The number of ether oxygens (including phenoxy) is 1. The van der Waals surface area contributed by atoms with Crippen LogP contribution in [0.5, 0.6) is 5.75 Å². The van der Waals surface area contributed by atoms with Gasteiger partial charge in [-0.15, -0.1) is 0 Å². The first kappa shape index (κ1) is 21.6. The molecular formula is C25H37FN2O2.